The van der Waals surface area contributed by atoms with Crippen molar-refractivity contribution in [3.05, 3.63) is 242 Å². The van der Waals surface area contributed by atoms with Crippen LogP contribution in [-0.2, 0) is 26.5 Å². The zero-order chi connectivity index (χ0) is 49.2. The molecule has 3 heterocycles. The molecule has 73 heavy (non-hydrogen) atoms. The molecule has 3 aromatic heterocycles. The Kier molecular flexibility index (Phi) is 14.5. The maximum absolute atomic E-state index is 5.39. The van der Waals surface area contributed by atoms with E-state index in [0.717, 1.165) is 68.0 Å². The van der Waals surface area contributed by atoms with Gasteiger partial charge in [0.05, 0.1) is 30.6 Å². The molecule has 0 amide bonds. The van der Waals surface area contributed by atoms with Crippen LogP contribution in [0, 0.1) is 18.1 Å². The Morgan fingerprint density at radius 1 is 0.548 bits per heavy atom. The minimum absolute atomic E-state index is 0. The summed E-state index contributed by atoms with van der Waals surface area (Å²) in [6, 6.07) is 84.3. The second-order valence-electron chi connectivity index (χ2n) is 19.9. The Morgan fingerprint density at radius 3 is 1.77 bits per heavy atom. The third kappa shape index (κ3) is 10.2. The molecule has 0 N–H and O–H groups in total. The molecule has 0 saturated carbocycles. The van der Waals surface area contributed by atoms with Crippen LogP contribution in [-0.4, -0.2) is 22.6 Å². The molecule has 0 aliphatic carbocycles. The molecular formula is C67H55IrN3SSi-2. The molecule has 0 spiro atoms. The number of fused-ring (bicyclic) bond motifs is 4. The Balaban J connectivity index is 0.000000246. The summed E-state index contributed by atoms with van der Waals surface area (Å²) in [5.41, 5.74) is 17.2. The molecule has 0 unspecified atom stereocenters. The molecule has 12 aromatic rings. The summed E-state index contributed by atoms with van der Waals surface area (Å²) in [6.07, 6.45) is 3.24. The smallest absolute Gasteiger partial charge is 0.0798 e. The van der Waals surface area contributed by atoms with Crippen molar-refractivity contribution in [3.63, 3.8) is 0 Å². The third-order valence-corrected chi connectivity index (χ3v) is 16.6. The summed E-state index contributed by atoms with van der Waals surface area (Å²) in [4.78, 5) is 10.1. The monoisotopic (exact) mass is 1150 g/mol. The van der Waals surface area contributed by atoms with Crippen LogP contribution in [0.5, 0.6) is 0 Å². The number of benzene rings is 9. The van der Waals surface area contributed by atoms with Gasteiger partial charge in [0, 0.05) is 42.1 Å². The minimum atomic E-state index is -1.34. The van der Waals surface area contributed by atoms with Crippen LogP contribution < -0.4 is 5.19 Å². The van der Waals surface area contributed by atoms with Crippen LogP contribution in [0.15, 0.2) is 225 Å². The quantitative estimate of drug-likeness (QED) is 0.101. The fraction of sp³-hybridized carbons (Fsp3) is 0.104. The van der Waals surface area contributed by atoms with E-state index in [9.17, 15) is 0 Å². The van der Waals surface area contributed by atoms with Gasteiger partial charge in [-0.3, -0.25) is 4.98 Å². The number of thiophene rings is 1. The summed E-state index contributed by atoms with van der Waals surface area (Å²) in [5, 5.41) is 3.96. The Hall–Kier alpha value is -7.31. The summed E-state index contributed by atoms with van der Waals surface area (Å²) in [6.45, 7) is 11.7. The largest absolute Gasteiger partial charge is 0.332 e. The Bertz CT molecular complexity index is 3770. The first-order valence-corrected chi connectivity index (χ1v) is 29.2. The van der Waals surface area contributed by atoms with Crippen molar-refractivity contribution in [2.75, 3.05) is 0 Å². The number of nitrogens with zero attached hydrogens (tertiary/aromatic N) is 3. The number of para-hydroxylation sites is 3. The van der Waals surface area contributed by atoms with Gasteiger partial charge >= 0.3 is 0 Å². The summed E-state index contributed by atoms with van der Waals surface area (Å²) in [7, 11) is -1.34. The molecule has 6 heteroatoms. The minimum Gasteiger partial charge on any atom is -0.332 e. The van der Waals surface area contributed by atoms with E-state index < -0.39 is 8.07 Å². The summed E-state index contributed by atoms with van der Waals surface area (Å²) < 4.78 is 4.80. The normalized spacial score (nSPS) is 11.4. The van der Waals surface area contributed by atoms with Gasteiger partial charge < -0.3 is 9.55 Å². The van der Waals surface area contributed by atoms with Crippen molar-refractivity contribution >= 4 is 55.8 Å². The van der Waals surface area contributed by atoms with Crippen molar-refractivity contribution in [3.8, 4) is 72.8 Å². The number of hydrogen-bond acceptors (Lipinski definition) is 3. The molecular weight excluding hydrogens is 1100 g/mol. The molecule has 12 rings (SSSR count). The van der Waals surface area contributed by atoms with Crippen LogP contribution in [0.3, 0.4) is 0 Å². The molecule has 0 bridgehead atoms. The molecule has 0 saturated heterocycles. The van der Waals surface area contributed by atoms with E-state index >= 15 is 0 Å². The predicted octanol–water partition coefficient (Wildman–Crippen LogP) is 17.8. The molecule has 0 aliphatic heterocycles. The molecule has 0 fully saturated rings. The maximum atomic E-state index is 5.39. The topological polar surface area (TPSA) is 30.7 Å². The van der Waals surface area contributed by atoms with E-state index in [1.165, 1.54) is 53.2 Å². The predicted molar refractivity (Wildman–Crippen MR) is 310 cm³/mol. The maximum Gasteiger partial charge on any atom is 0.0798 e. The SMILES string of the molecule is CC(C)Cc1cc(-c2[c-]cccc2)ncc1[Si](C)(C)C.[Ir].[c-]1ccc2c(sc3cc(-c4ccc(-c5ccccc5)cc4)ccc32)c1-c1nc2ccccc2n1-c1c(-c2ccccc2)cccc1-c1ccccc1. The van der Waals surface area contributed by atoms with E-state index in [2.05, 4.69) is 262 Å². The Labute approximate surface area is 448 Å². The average molecular weight is 1150 g/mol. The van der Waals surface area contributed by atoms with E-state index in [4.69, 9.17) is 4.98 Å². The van der Waals surface area contributed by atoms with Crippen molar-refractivity contribution in [1.29, 1.82) is 0 Å². The standard InChI is InChI=1S/C49H31N2S.C18H24NSi.Ir/c1-4-14-33(15-5-1)34-26-28-35(29-27-34)38-30-31-41-42-22-13-23-43(48(42)52-46(41)32-38)49-50-44-24-10-11-25-45(44)51(49)47-39(36-16-6-2-7-17-36)20-12-21-40(47)37-18-8-3-9-19-37;1-14(2)11-16-12-17(15-9-7-6-8-10-15)19-13-18(16)20(3,4)5;/h1-22,24-32H;6-9,12-14H,11H2,1-5H3;/q2*-1;. The number of hydrogen-bond donors (Lipinski definition) is 0. The van der Waals surface area contributed by atoms with Crippen molar-refractivity contribution in [1.82, 2.24) is 14.5 Å². The van der Waals surface area contributed by atoms with Gasteiger partial charge in [-0.1, -0.05) is 214 Å². The van der Waals surface area contributed by atoms with E-state index in [0.29, 0.717) is 5.92 Å². The summed E-state index contributed by atoms with van der Waals surface area (Å²) in [5.74, 6) is 1.55. The van der Waals surface area contributed by atoms with Gasteiger partial charge in [-0.05, 0) is 84.9 Å². The van der Waals surface area contributed by atoms with Gasteiger partial charge in [0.2, 0.25) is 0 Å². The van der Waals surface area contributed by atoms with Crippen LogP contribution in [0.1, 0.15) is 19.4 Å². The van der Waals surface area contributed by atoms with Gasteiger partial charge in [0.25, 0.3) is 0 Å². The zero-order valence-electron chi connectivity index (χ0n) is 41.7. The van der Waals surface area contributed by atoms with Crippen LogP contribution in [0.4, 0.5) is 0 Å². The van der Waals surface area contributed by atoms with Crippen LogP contribution in [0.25, 0.3) is 104 Å². The van der Waals surface area contributed by atoms with Gasteiger partial charge in [-0.2, -0.15) is 11.3 Å². The number of aromatic nitrogens is 3. The first kappa shape index (κ1) is 49.3. The fourth-order valence-electron chi connectivity index (χ4n) is 9.96. The van der Waals surface area contributed by atoms with Crippen molar-refractivity contribution in [2.45, 2.75) is 39.9 Å². The molecule has 0 atom stereocenters. The molecule has 1 radical (unpaired) electrons. The first-order chi connectivity index (χ1) is 35.2. The number of imidazole rings is 1. The average Bonchev–Trinajstić information content (AvgIpc) is 4.00. The number of pyridine rings is 1. The van der Waals surface area contributed by atoms with E-state index in [1.807, 2.05) is 29.5 Å². The van der Waals surface area contributed by atoms with E-state index in [-0.39, 0.29) is 20.1 Å². The number of rotatable bonds is 10. The molecule has 3 nitrogen and oxygen atoms in total. The first-order valence-electron chi connectivity index (χ1n) is 24.9. The van der Waals surface area contributed by atoms with E-state index in [1.54, 1.807) is 0 Å². The molecule has 359 valence electrons. The van der Waals surface area contributed by atoms with Gasteiger partial charge in [-0.25, -0.2) is 0 Å². The van der Waals surface area contributed by atoms with Crippen molar-refractivity contribution < 1.29 is 20.1 Å². The second kappa shape index (κ2) is 21.4. The summed E-state index contributed by atoms with van der Waals surface area (Å²) >= 11 is 1.82. The van der Waals surface area contributed by atoms with Gasteiger partial charge in [0.1, 0.15) is 0 Å². The van der Waals surface area contributed by atoms with Crippen LogP contribution >= 0.6 is 11.3 Å². The zero-order valence-corrected chi connectivity index (χ0v) is 45.9. The third-order valence-electron chi connectivity index (χ3n) is 13.4. The Morgan fingerprint density at radius 2 is 1.14 bits per heavy atom. The molecule has 9 aromatic carbocycles. The van der Waals surface area contributed by atoms with Gasteiger partial charge in [-0.15, -0.1) is 54.1 Å². The second-order valence-corrected chi connectivity index (χ2v) is 26.0. The van der Waals surface area contributed by atoms with Gasteiger partial charge in [0.15, 0.2) is 0 Å². The fourth-order valence-corrected chi connectivity index (χ4v) is 12.8. The van der Waals surface area contributed by atoms with Crippen molar-refractivity contribution in [2.24, 2.45) is 5.92 Å². The van der Waals surface area contributed by atoms with Crippen LogP contribution in [0.2, 0.25) is 19.6 Å². The molecule has 0 aliphatic rings.